The van der Waals surface area contributed by atoms with Crippen molar-refractivity contribution in [3.8, 4) is 5.75 Å². The Bertz CT molecular complexity index is 480. The molecule has 2 rings (SSSR count). The van der Waals surface area contributed by atoms with E-state index in [1.54, 1.807) is 0 Å². The van der Waals surface area contributed by atoms with Crippen molar-refractivity contribution in [1.29, 1.82) is 0 Å². The second-order valence-corrected chi connectivity index (χ2v) is 4.39. The molecule has 0 aliphatic heterocycles. The van der Waals surface area contributed by atoms with Gasteiger partial charge in [-0.15, -0.1) is 0 Å². The molecule has 0 unspecified atom stereocenters. The van der Waals surface area contributed by atoms with Crippen molar-refractivity contribution >= 4 is 11.8 Å². The average molecular weight is 252 g/mol. The summed E-state index contributed by atoms with van der Waals surface area (Å²) in [6.07, 6.45) is 3.37. The second-order valence-electron chi connectivity index (χ2n) is 4.39. The first-order valence-electron chi connectivity index (χ1n) is 5.78. The highest BCUT2D eigenvalue weighted by atomic mass is 19.1. The van der Waals surface area contributed by atoms with Gasteiger partial charge in [0.2, 0.25) is 0 Å². The summed E-state index contributed by atoms with van der Waals surface area (Å²) in [4.78, 5) is 21.6. The Morgan fingerprint density at radius 2 is 2.11 bits per heavy atom. The van der Waals surface area contributed by atoms with Gasteiger partial charge in [0, 0.05) is 5.56 Å². The van der Waals surface area contributed by atoms with Gasteiger partial charge in [0.05, 0.1) is 6.61 Å². The van der Waals surface area contributed by atoms with Gasteiger partial charge in [-0.2, -0.15) is 0 Å². The molecule has 18 heavy (non-hydrogen) atoms. The number of ketones is 1. The lowest BCUT2D eigenvalue weighted by atomic mass is 9.86. The van der Waals surface area contributed by atoms with Crippen molar-refractivity contribution in [1.82, 2.24) is 0 Å². The summed E-state index contributed by atoms with van der Waals surface area (Å²) >= 11 is 0. The molecule has 96 valence electrons. The number of hydrogen-bond acceptors (Lipinski definition) is 3. The predicted molar refractivity (Wildman–Crippen MR) is 61.2 cm³/mol. The maximum Gasteiger partial charge on any atom is 0.377 e. The number of carboxylic acid groups (broad SMARTS) is 1. The lowest BCUT2D eigenvalue weighted by Crippen LogP contribution is -2.19. The minimum Gasteiger partial charge on any atom is -0.490 e. The van der Waals surface area contributed by atoms with E-state index in [0.29, 0.717) is 12.5 Å². The van der Waals surface area contributed by atoms with Crippen LogP contribution in [0.3, 0.4) is 0 Å². The Hall–Kier alpha value is -1.91. The topological polar surface area (TPSA) is 63.6 Å². The van der Waals surface area contributed by atoms with Crippen molar-refractivity contribution in [2.75, 3.05) is 6.61 Å². The molecule has 1 aliphatic rings. The average Bonchev–Trinajstić information content (AvgIpc) is 2.27. The van der Waals surface area contributed by atoms with Crippen molar-refractivity contribution in [2.45, 2.75) is 19.3 Å². The van der Waals surface area contributed by atoms with E-state index in [1.165, 1.54) is 18.6 Å². The largest absolute Gasteiger partial charge is 0.490 e. The molecule has 1 saturated carbocycles. The summed E-state index contributed by atoms with van der Waals surface area (Å²) in [7, 11) is 0. The molecule has 1 N–H and O–H groups in total. The molecule has 1 aromatic carbocycles. The van der Waals surface area contributed by atoms with Gasteiger partial charge in [-0.1, -0.05) is 6.42 Å². The highest BCUT2D eigenvalue weighted by Crippen LogP contribution is 2.28. The molecule has 0 spiro atoms. The van der Waals surface area contributed by atoms with E-state index in [2.05, 4.69) is 0 Å². The van der Waals surface area contributed by atoms with Crippen LogP contribution in [0, 0.1) is 11.7 Å². The number of Topliss-reactive ketones (excluding diaryl/α,β-unsaturated/α-hetero) is 1. The maximum absolute atomic E-state index is 13.6. The van der Waals surface area contributed by atoms with E-state index in [9.17, 15) is 14.0 Å². The van der Waals surface area contributed by atoms with Crippen LogP contribution in [0.5, 0.6) is 5.75 Å². The molecular weight excluding hydrogens is 239 g/mol. The smallest absolute Gasteiger partial charge is 0.377 e. The van der Waals surface area contributed by atoms with Crippen molar-refractivity contribution in [3.05, 3.63) is 29.6 Å². The van der Waals surface area contributed by atoms with Gasteiger partial charge >= 0.3 is 5.97 Å². The van der Waals surface area contributed by atoms with Crippen molar-refractivity contribution < 1.29 is 23.8 Å². The number of ether oxygens (including phenoxy) is 1. The van der Waals surface area contributed by atoms with Crippen LogP contribution in [0.15, 0.2) is 18.2 Å². The summed E-state index contributed by atoms with van der Waals surface area (Å²) < 4.78 is 18.9. The van der Waals surface area contributed by atoms with E-state index in [0.717, 1.165) is 18.9 Å². The third-order valence-corrected chi connectivity index (χ3v) is 3.09. The monoisotopic (exact) mass is 252 g/mol. The van der Waals surface area contributed by atoms with Crippen LogP contribution in [0.2, 0.25) is 0 Å². The van der Waals surface area contributed by atoms with Crippen molar-refractivity contribution in [3.63, 3.8) is 0 Å². The molecular formula is C13H13FO4. The number of hydrogen-bond donors (Lipinski definition) is 1. The molecule has 0 saturated heterocycles. The third-order valence-electron chi connectivity index (χ3n) is 3.09. The number of rotatable bonds is 5. The van der Waals surface area contributed by atoms with E-state index in [4.69, 9.17) is 9.84 Å². The van der Waals surface area contributed by atoms with Gasteiger partial charge in [0.25, 0.3) is 5.78 Å². The molecule has 0 aromatic heterocycles. The van der Waals surface area contributed by atoms with Crippen LogP contribution in [-0.2, 0) is 4.79 Å². The van der Waals surface area contributed by atoms with E-state index < -0.39 is 17.6 Å². The van der Waals surface area contributed by atoms with Gasteiger partial charge in [-0.25, -0.2) is 9.18 Å². The highest BCUT2D eigenvalue weighted by molar-refractivity contribution is 6.39. The fraction of sp³-hybridized carbons (Fsp3) is 0.385. The van der Waals surface area contributed by atoms with Gasteiger partial charge in [0.1, 0.15) is 0 Å². The van der Waals surface area contributed by atoms with Crippen LogP contribution in [-0.4, -0.2) is 23.5 Å². The Morgan fingerprint density at radius 3 is 2.61 bits per heavy atom. The van der Waals surface area contributed by atoms with E-state index >= 15 is 0 Å². The number of carbonyl (C=O) groups is 2. The molecule has 5 heteroatoms. The number of benzene rings is 1. The Kier molecular flexibility index (Phi) is 3.60. The maximum atomic E-state index is 13.6. The summed E-state index contributed by atoms with van der Waals surface area (Å²) in [5.41, 5.74) is -0.184. The molecule has 1 fully saturated rings. The molecule has 0 radical (unpaired) electrons. The third kappa shape index (κ3) is 2.67. The Morgan fingerprint density at radius 1 is 1.39 bits per heavy atom. The number of carboxylic acids is 1. The minimum atomic E-state index is -1.60. The summed E-state index contributed by atoms with van der Waals surface area (Å²) in [6, 6.07) is 3.45. The molecule has 1 aromatic rings. The zero-order valence-electron chi connectivity index (χ0n) is 9.69. The van der Waals surface area contributed by atoms with Crippen LogP contribution in [0.1, 0.15) is 29.6 Å². The molecule has 0 atom stereocenters. The normalized spacial score (nSPS) is 14.9. The summed E-state index contributed by atoms with van der Waals surface area (Å²) in [5.74, 6) is -2.90. The van der Waals surface area contributed by atoms with Crippen molar-refractivity contribution in [2.24, 2.45) is 5.92 Å². The van der Waals surface area contributed by atoms with Crippen LogP contribution >= 0.6 is 0 Å². The van der Waals surface area contributed by atoms with Crippen LogP contribution in [0.4, 0.5) is 4.39 Å². The lowest BCUT2D eigenvalue weighted by Gasteiger charge is -2.25. The first-order valence-corrected chi connectivity index (χ1v) is 5.78. The number of aliphatic carboxylic acids is 1. The number of halogens is 1. The Labute approximate surface area is 103 Å². The number of carbonyl (C=O) groups excluding carboxylic acids is 1. The zero-order chi connectivity index (χ0) is 13.1. The second kappa shape index (κ2) is 5.16. The fourth-order valence-electron chi connectivity index (χ4n) is 1.75. The van der Waals surface area contributed by atoms with E-state index in [1.807, 2.05) is 0 Å². The summed E-state index contributed by atoms with van der Waals surface area (Å²) in [6.45, 7) is 0.461. The van der Waals surface area contributed by atoms with Gasteiger partial charge in [-0.3, -0.25) is 4.79 Å². The molecule has 1 aliphatic carbocycles. The zero-order valence-corrected chi connectivity index (χ0v) is 9.69. The van der Waals surface area contributed by atoms with Gasteiger partial charge in [0.15, 0.2) is 11.6 Å². The lowest BCUT2D eigenvalue weighted by molar-refractivity contribution is -0.131. The quantitative estimate of drug-likeness (QED) is 0.645. The highest BCUT2D eigenvalue weighted by Gasteiger charge is 2.20. The standard InChI is InChI=1S/C13H13FO4/c14-10-6-9(12(15)13(16)17)4-5-11(10)18-7-8-2-1-3-8/h4-6,8H,1-3,7H2,(H,16,17). The fourth-order valence-corrected chi connectivity index (χ4v) is 1.75. The molecule has 0 bridgehead atoms. The summed E-state index contributed by atoms with van der Waals surface area (Å²) in [5, 5.41) is 8.51. The minimum absolute atomic E-state index is 0.0591. The van der Waals surface area contributed by atoms with Gasteiger partial charge < -0.3 is 9.84 Å². The van der Waals surface area contributed by atoms with E-state index in [-0.39, 0.29) is 11.3 Å². The first-order chi connectivity index (χ1) is 8.58. The molecule has 0 amide bonds. The van der Waals surface area contributed by atoms with Gasteiger partial charge in [-0.05, 0) is 37.0 Å². The van der Waals surface area contributed by atoms with Crippen LogP contribution in [0.25, 0.3) is 0 Å². The predicted octanol–water partition coefficient (Wildman–Crippen LogP) is 2.27. The van der Waals surface area contributed by atoms with Crippen LogP contribution < -0.4 is 4.74 Å². The molecule has 4 nitrogen and oxygen atoms in total. The first kappa shape index (κ1) is 12.5. The molecule has 0 heterocycles. The SMILES string of the molecule is O=C(O)C(=O)c1ccc(OCC2CCC2)c(F)c1. The Balaban J connectivity index is 2.04.